The molecule has 0 bridgehead atoms. The smallest absolute Gasteiger partial charge is 0.241 e. The van der Waals surface area contributed by atoms with Gasteiger partial charge >= 0.3 is 0 Å². The van der Waals surface area contributed by atoms with Gasteiger partial charge in [0.15, 0.2) is 11.6 Å². The molecule has 0 aromatic heterocycles. The fourth-order valence-corrected chi connectivity index (χ4v) is 4.08. The van der Waals surface area contributed by atoms with E-state index in [2.05, 4.69) is 15.5 Å². The summed E-state index contributed by atoms with van der Waals surface area (Å²) in [6.07, 6.45) is 2.10. The van der Waals surface area contributed by atoms with Gasteiger partial charge in [-0.3, -0.25) is 4.79 Å². The van der Waals surface area contributed by atoms with Crippen LogP contribution >= 0.6 is 0 Å². The van der Waals surface area contributed by atoms with Crippen molar-refractivity contribution in [3.8, 4) is 11.1 Å². The number of carbonyl (C=O) groups excluding carboxylic acids is 1. The molecule has 168 valence electrons. The van der Waals surface area contributed by atoms with Crippen LogP contribution in [0.2, 0.25) is 0 Å². The summed E-state index contributed by atoms with van der Waals surface area (Å²) in [6, 6.07) is 3.71. The second-order valence-electron chi connectivity index (χ2n) is 7.99. The lowest BCUT2D eigenvalue weighted by molar-refractivity contribution is -0.123. The van der Waals surface area contributed by atoms with Crippen LogP contribution in [0.15, 0.2) is 24.3 Å². The maximum absolute atomic E-state index is 15.1. The minimum Gasteiger partial charge on any atom is -0.396 e. The largest absolute Gasteiger partial charge is 0.396 e. The monoisotopic (exact) mass is 435 g/mol. The number of amides is 1. The molecular weight excluding hydrogens is 407 g/mol. The van der Waals surface area contributed by atoms with Crippen molar-refractivity contribution in [2.75, 3.05) is 45.2 Å². The van der Waals surface area contributed by atoms with Gasteiger partial charge in [0.25, 0.3) is 0 Å². The minimum absolute atomic E-state index is 0.187. The third-order valence-corrected chi connectivity index (χ3v) is 5.75. The topological polar surface area (TPSA) is 96.4 Å². The average Bonchev–Trinajstić information content (AvgIpc) is 2.74. The first kappa shape index (κ1) is 22.9. The molecule has 2 unspecified atom stereocenters. The van der Waals surface area contributed by atoms with Crippen molar-refractivity contribution in [1.82, 2.24) is 15.5 Å². The molecule has 2 aromatic rings. The Labute approximate surface area is 179 Å². The molecule has 3 rings (SSSR count). The normalized spacial score (nSPS) is 18.0. The Balaban J connectivity index is 1.84. The third-order valence-electron chi connectivity index (χ3n) is 5.75. The van der Waals surface area contributed by atoms with Gasteiger partial charge in [-0.05, 0) is 51.5 Å². The third kappa shape index (κ3) is 4.77. The Kier molecular flexibility index (Phi) is 7.07. The summed E-state index contributed by atoms with van der Waals surface area (Å²) in [6.45, 7) is 2.44. The second kappa shape index (κ2) is 9.57. The number of nitrogen functional groups attached to an aromatic ring is 2. The molecule has 6 N–H and O–H groups in total. The van der Waals surface area contributed by atoms with Crippen LogP contribution in [0, 0.1) is 23.4 Å². The highest BCUT2D eigenvalue weighted by atomic mass is 19.1. The van der Waals surface area contributed by atoms with E-state index in [-0.39, 0.29) is 28.4 Å². The summed E-state index contributed by atoms with van der Waals surface area (Å²) >= 11 is 0. The Hall–Kier alpha value is -2.78. The number of carbonyl (C=O) groups is 1. The molecule has 1 aliphatic heterocycles. The summed E-state index contributed by atoms with van der Waals surface area (Å²) in [5.41, 5.74) is 10.0. The Morgan fingerprint density at radius 2 is 1.94 bits per heavy atom. The van der Waals surface area contributed by atoms with Crippen LogP contribution < -0.4 is 22.1 Å². The number of likely N-dealkylation sites (N-methyl/N-ethyl adjacent to an activating group) is 1. The first-order chi connectivity index (χ1) is 14.7. The zero-order valence-electron chi connectivity index (χ0n) is 17.6. The van der Waals surface area contributed by atoms with Gasteiger partial charge in [0, 0.05) is 24.2 Å². The highest BCUT2D eigenvalue weighted by molar-refractivity contribution is 5.86. The SMILES string of the molecule is CNC(C(=O)NCC1CCCN(C)C1)c1ccc(-c2c(F)ccc(N)c2F)c(F)c1N. The number of benzene rings is 2. The standard InChI is InChI=1S/C22H28F3N5O/c1-28-21(22(31)29-10-12-4-3-9-30(2)11-12)14-6-5-13(18(24)20(14)27)17-15(23)7-8-16(26)19(17)25/h5-8,12,21,28H,3-4,9-11,26-27H2,1-2H3,(H,29,31). The number of piperidine rings is 1. The van der Waals surface area contributed by atoms with E-state index < -0.39 is 29.1 Å². The predicted octanol–water partition coefficient (Wildman–Crippen LogP) is 2.65. The quantitative estimate of drug-likeness (QED) is 0.523. The van der Waals surface area contributed by atoms with Gasteiger partial charge in [0.05, 0.1) is 16.9 Å². The van der Waals surface area contributed by atoms with Crippen molar-refractivity contribution in [3.63, 3.8) is 0 Å². The van der Waals surface area contributed by atoms with Crippen molar-refractivity contribution < 1.29 is 18.0 Å². The Bertz CT molecular complexity index is 969. The summed E-state index contributed by atoms with van der Waals surface area (Å²) in [5, 5.41) is 5.73. The highest BCUT2D eigenvalue weighted by Gasteiger charge is 2.27. The minimum atomic E-state index is -1.06. The number of nitrogens with zero attached hydrogens (tertiary/aromatic N) is 1. The molecule has 0 radical (unpaired) electrons. The number of rotatable bonds is 6. The Morgan fingerprint density at radius 1 is 1.19 bits per heavy atom. The fraction of sp³-hybridized carbons (Fsp3) is 0.409. The number of nitrogens with one attached hydrogen (secondary N) is 2. The van der Waals surface area contributed by atoms with Gasteiger partial charge in [-0.25, -0.2) is 13.2 Å². The number of anilines is 2. The van der Waals surface area contributed by atoms with Gasteiger partial charge in [0.1, 0.15) is 11.9 Å². The van der Waals surface area contributed by atoms with Crippen LogP contribution in [0.25, 0.3) is 11.1 Å². The maximum atomic E-state index is 15.1. The molecular formula is C22H28F3N5O. The molecule has 2 aromatic carbocycles. The predicted molar refractivity (Wildman–Crippen MR) is 116 cm³/mol. The molecule has 31 heavy (non-hydrogen) atoms. The van der Waals surface area contributed by atoms with E-state index in [0.717, 1.165) is 38.1 Å². The average molecular weight is 435 g/mol. The fourth-order valence-electron chi connectivity index (χ4n) is 4.08. The number of halogens is 3. The Morgan fingerprint density at radius 3 is 2.61 bits per heavy atom. The molecule has 2 atom stereocenters. The maximum Gasteiger partial charge on any atom is 0.241 e. The van der Waals surface area contributed by atoms with Gasteiger partial charge < -0.3 is 27.0 Å². The second-order valence-corrected chi connectivity index (χ2v) is 7.99. The number of nitrogens with two attached hydrogens (primary N) is 2. The van der Waals surface area contributed by atoms with E-state index in [0.29, 0.717) is 12.5 Å². The molecule has 6 nitrogen and oxygen atoms in total. The lowest BCUT2D eigenvalue weighted by Gasteiger charge is -2.30. The molecule has 1 amide bonds. The first-order valence-electron chi connectivity index (χ1n) is 10.2. The molecule has 1 saturated heterocycles. The molecule has 1 heterocycles. The van der Waals surface area contributed by atoms with E-state index in [1.807, 2.05) is 7.05 Å². The van der Waals surface area contributed by atoms with Crippen LogP contribution in [0.3, 0.4) is 0 Å². The van der Waals surface area contributed by atoms with Crippen LogP contribution in [0.5, 0.6) is 0 Å². The number of likely N-dealkylation sites (tertiary alicyclic amines) is 1. The number of hydrogen-bond donors (Lipinski definition) is 4. The van der Waals surface area contributed by atoms with E-state index >= 15 is 4.39 Å². The van der Waals surface area contributed by atoms with E-state index in [1.165, 1.54) is 12.1 Å². The van der Waals surface area contributed by atoms with Gasteiger partial charge in [-0.15, -0.1) is 0 Å². The summed E-state index contributed by atoms with van der Waals surface area (Å²) in [5.74, 6) is -3.05. The van der Waals surface area contributed by atoms with Crippen LogP contribution in [-0.2, 0) is 4.79 Å². The molecule has 0 spiro atoms. The zero-order valence-corrected chi connectivity index (χ0v) is 17.6. The molecule has 0 aliphatic carbocycles. The van der Waals surface area contributed by atoms with Crippen molar-refractivity contribution in [2.45, 2.75) is 18.9 Å². The van der Waals surface area contributed by atoms with Crippen molar-refractivity contribution in [1.29, 1.82) is 0 Å². The van der Waals surface area contributed by atoms with E-state index in [9.17, 15) is 13.6 Å². The summed E-state index contributed by atoms with van der Waals surface area (Å²) < 4.78 is 43.6. The highest BCUT2D eigenvalue weighted by Crippen LogP contribution is 2.36. The van der Waals surface area contributed by atoms with E-state index in [1.54, 1.807) is 7.05 Å². The molecule has 1 fully saturated rings. The van der Waals surface area contributed by atoms with E-state index in [4.69, 9.17) is 11.5 Å². The lowest BCUT2D eigenvalue weighted by atomic mass is 9.95. The lowest BCUT2D eigenvalue weighted by Crippen LogP contribution is -2.42. The van der Waals surface area contributed by atoms with Gasteiger partial charge in [-0.2, -0.15) is 0 Å². The van der Waals surface area contributed by atoms with Gasteiger partial charge in [-0.1, -0.05) is 12.1 Å². The van der Waals surface area contributed by atoms with Crippen molar-refractivity contribution in [3.05, 3.63) is 47.3 Å². The van der Waals surface area contributed by atoms with Gasteiger partial charge in [0.2, 0.25) is 5.91 Å². The summed E-state index contributed by atoms with van der Waals surface area (Å²) in [7, 11) is 3.60. The van der Waals surface area contributed by atoms with Crippen LogP contribution in [-0.4, -0.2) is 44.5 Å². The number of hydrogen-bond acceptors (Lipinski definition) is 5. The summed E-state index contributed by atoms with van der Waals surface area (Å²) in [4.78, 5) is 15.0. The van der Waals surface area contributed by atoms with Crippen LogP contribution in [0.1, 0.15) is 24.4 Å². The van der Waals surface area contributed by atoms with Crippen molar-refractivity contribution in [2.24, 2.45) is 5.92 Å². The van der Waals surface area contributed by atoms with Crippen LogP contribution in [0.4, 0.5) is 24.5 Å². The first-order valence-corrected chi connectivity index (χ1v) is 10.2. The van der Waals surface area contributed by atoms with Crippen molar-refractivity contribution >= 4 is 17.3 Å². The molecule has 9 heteroatoms. The molecule has 0 saturated carbocycles. The molecule has 1 aliphatic rings. The zero-order chi connectivity index (χ0) is 22.7.